The number of anilines is 1. The van der Waals surface area contributed by atoms with Crippen LogP contribution in [0.5, 0.6) is 0 Å². The molecule has 3 rings (SSSR count). The van der Waals surface area contributed by atoms with Crippen LogP contribution in [0.4, 0.5) is 5.69 Å². The van der Waals surface area contributed by atoms with E-state index in [1.807, 2.05) is 23.6 Å². The van der Waals surface area contributed by atoms with Crippen LogP contribution in [0.1, 0.15) is 11.3 Å². The van der Waals surface area contributed by atoms with E-state index in [9.17, 15) is 4.79 Å². The predicted molar refractivity (Wildman–Crippen MR) is 92.3 cm³/mol. The smallest absolute Gasteiger partial charge is 0.248 e. The van der Waals surface area contributed by atoms with E-state index < -0.39 is 0 Å². The van der Waals surface area contributed by atoms with Crippen LogP contribution in [0.15, 0.2) is 41.2 Å². The first-order chi connectivity index (χ1) is 11.3. The second-order valence-corrected chi connectivity index (χ2v) is 6.00. The molecular formula is C17H19N3O2S. The van der Waals surface area contributed by atoms with Gasteiger partial charge in [0.25, 0.3) is 0 Å². The molecule has 23 heavy (non-hydrogen) atoms. The number of carbonyl (C=O) groups excluding carboxylic acids is 1. The van der Waals surface area contributed by atoms with E-state index in [1.54, 1.807) is 11.6 Å². The van der Waals surface area contributed by atoms with Crippen molar-refractivity contribution in [3.63, 3.8) is 0 Å². The van der Waals surface area contributed by atoms with E-state index in [0.717, 1.165) is 49.8 Å². The van der Waals surface area contributed by atoms with E-state index in [0.29, 0.717) is 0 Å². The summed E-state index contributed by atoms with van der Waals surface area (Å²) in [6, 6.07) is 7.92. The Hall–Kier alpha value is -2.02. The minimum absolute atomic E-state index is 0.146. The topological polar surface area (TPSA) is 54.5 Å². The molecule has 2 aromatic rings. The number of nitrogens with zero attached hydrogens (tertiary/aromatic N) is 2. The van der Waals surface area contributed by atoms with Crippen molar-refractivity contribution in [3.05, 3.63) is 52.5 Å². The summed E-state index contributed by atoms with van der Waals surface area (Å²) in [5.41, 5.74) is 4.51. The molecule has 0 spiro atoms. The summed E-state index contributed by atoms with van der Waals surface area (Å²) in [4.78, 5) is 18.6. The van der Waals surface area contributed by atoms with Crippen LogP contribution in [0.25, 0.3) is 6.08 Å². The lowest BCUT2D eigenvalue weighted by molar-refractivity contribution is -0.111. The lowest BCUT2D eigenvalue weighted by Crippen LogP contribution is -2.35. The Morgan fingerprint density at radius 3 is 2.96 bits per heavy atom. The zero-order chi connectivity index (χ0) is 15.9. The Labute approximate surface area is 139 Å². The Morgan fingerprint density at radius 1 is 1.35 bits per heavy atom. The van der Waals surface area contributed by atoms with Gasteiger partial charge >= 0.3 is 0 Å². The van der Waals surface area contributed by atoms with Crippen molar-refractivity contribution in [3.8, 4) is 0 Å². The fraction of sp³-hybridized carbons (Fsp3) is 0.294. The zero-order valence-corrected chi connectivity index (χ0v) is 13.6. The molecule has 6 heteroatoms. The molecule has 120 valence electrons. The molecule has 0 atom stereocenters. The lowest BCUT2D eigenvalue weighted by atomic mass is 10.1. The highest BCUT2D eigenvalue weighted by Gasteiger charge is 2.13. The summed E-state index contributed by atoms with van der Waals surface area (Å²) in [6.45, 7) is 4.20. The Morgan fingerprint density at radius 2 is 2.17 bits per heavy atom. The van der Waals surface area contributed by atoms with Gasteiger partial charge in [-0.1, -0.05) is 18.2 Å². The normalized spacial score (nSPS) is 15.8. The molecule has 5 nitrogen and oxygen atoms in total. The highest BCUT2D eigenvalue weighted by molar-refractivity contribution is 7.07. The third-order valence-corrected chi connectivity index (χ3v) is 4.23. The minimum atomic E-state index is -0.146. The standard InChI is InChI=1S/C17H19N3O2S/c21-17(6-5-15-12-23-13-18-15)19-16-4-2-1-3-14(16)11-20-7-9-22-10-8-20/h1-6,12-13H,7-11H2,(H,19,21)/b6-5-. The molecule has 1 N–H and O–H groups in total. The first-order valence-corrected chi connectivity index (χ1v) is 8.51. The summed E-state index contributed by atoms with van der Waals surface area (Å²) in [6.07, 6.45) is 3.23. The number of morpholine rings is 1. The van der Waals surface area contributed by atoms with E-state index in [-0.39, 0.29) is 5.91 Å². The van der Waals surface area contributed by atoms with Gasteiger partial charge in [0.15, 0.2) is 0 Å². The Bertz CT molecular complexity index is 664. The van der Waals surface area contributed by atoms with Crippen molar-refractivity contribution < 1.29 is 9.53 Å². The van der Waals surface area contributed by atoms with Crippen LogP contribution < -0.4 is 5.32 Å². The van der Waals surface area contributed by atoms with Crippen molar-refractivity contribution >= 4 is 29.0 Å². The molecule has 1 fully saturated rings. The molecular weight excluding hydrogens is 310 g/mol. The molecule has 2 heterocycles. The molecule has 0 radical (unpaired) electrons. The summed E-state index contributed by atoms with van der Waals surface area (Å²) < 4.78 is 5.37. The average molecular weight is 329 g/mol. The number of para-hydroxylation sites is 1. The summed E-state index contributed by atoms with van der Waals surface area (Å²) >= 11 is 1.51. The second kappa shape index (κ2) is 8.01. The SMILES string of the molecule is O=C(/C=C\c1cscn1)Nc1ccccc1CN1CCOCC1. The maximum atomic E-state index is 12.1. The highest BCUT2D eigenvalue weighted by Crippen LogP contribution is 2.18. The van der Waals surface area contributed by atoms with E-state index >= 15 is 0 Å². The van der Waals surface area contributed by atoms with Crippen molar-refractivity contribution in [2.75, 3.05) is 31.6 Å². The number of thiazole rings is 1. The first kappa shape index (κ1) is 15.9. The van der Waals surface area contributed by atoms with Crippen LogP contribution in [-0.2, 0) is 16.1 Å². The maximum absolute atomic E-state index is 12.1. The van der Waals surface area contributed by atoms with Gasteiger partial charge in [0.05, 0.1) is 24.4 Å². The highest BCUT2D eigenvalue weighted by atomic mass is 32.1. The van der Waals surface area contributed by atoms with Crippen molar-refractivity contribution in [2.45, 2.75) is 6.54 Å². The molecule has 1 aromatic heterocycles. The van der Waals surface area contributed by atoms with Gasteiger partial charge in [-0.15, -0.1) is 11.3 Å². The van der Waals surface area contributed by atoms with Crippen LogP contribution in [0.2, 0.25) is 0 Å². The van der Waals surface area contributed by atoms with Crippen molar-refractivity contribution in [1.82, 2.24) is 9.88 Å². The van der Waals surface area contributed by atoms with E-state index in [2.05, 4.69) is 21.3 Å². The zero-order valence-electron chi connectivity index (χ0n) is 12.8. The van der Waals surface area contributed by atoms with Crippen LogP contribution in [0, 0.1) is 0 Å². The molecule has 1 saturated heterocycles. The molecule has 1 aliphatic rings. The number of nitrogens with one attached hydrogen (secondary N) is 1. The number of amides is 1. The van der Waals surface area contributed by atoms with Crippen LogP contribution in [-0.4, -0.2) is 42.1 Å². The van der Waals surface area contributed by atoms with Gasteiger partial charge in [-0.05, 0) is 17.7 Å². The summed E-state index contributed by atoms with van der Waals surface area (Å²) in [5.74, 6) is -0.146. The first-order valence-electron chi connectivity index (χ1n) is 7.56. The Balaban J connectivity index is 1.63. The molecule has 0 aliphatic carbocycles. The maximum Gasteiger partial charge on any atom is 0.248 e. The lowest BCUT2D eigenvalue weighted by Gasteiger charge is -2.27. The summed E-state index contributed by atoms with van der Waals surface area (Å²) in [7, 11) is 0. The number of ether oxygens (including phenoxy) is 1. The second-order valence-electron chi connectivity index (χ2n) is 5.28. The third kappa shape index (κ3) is 4.72. The van der Waals surface area contributed by atoms with Crippen LogP contribution >= 0.6 is 11.3 Å². The van der Waals surface area contributed by atoms with E-state index in [4.69, 9.17) is 4.74 Å². The number of carbonyl (C=O) groups is 1. The van der Waals surface area contributed by atoms with Gasteiger partial charge < -0.3 is 10.1 Å². The predicted octanol–water partition coefficient (Wildman–Crippen LogP) is 2.63. The number of aromatic nitrogens is 1. The average Bonchev–Trinajstić information content (AvgIpc) is 3.09. The third-order valence-electron chi connectivity index (χ3n) is 3.63. The molecule has 0 saturated carbocycles. The van der Waals surface area contributed by atoms with E-state index in [1.165, 1.54) is 17.4 Å². The molecule has 1 amide bonds. The molecule has 0 unspecified atom stereocenters. The number of benzene rings is 1. The van der Waals surface area contributed by atoms with Gasteiger partial charge in [0, 0.05) is 36.8 Å². The van der Waals surface area contributed by atoms with Gasteiger partial charge in [-0.3, -0.25) is 9.69 Å². The number of hydrogen-bond donors (Lipinski definition) is 1. The quantitative estimate of drug-likeness (QED) is 0.857. The molecule has 0 bridgehead atoms. The summed E-state index contributed by atoms with van der Waals surface area (Å²) in [5, 5.41) is 4.85. The minimum Gasteiger partial charge on any atom is -0.379 e. The fourth-order valence-electron chi connectivity index (χ4n) is 2.42. The number of rotatable bonds is 5. The van der Waals surface area contributed by atoms with Crippen LogP contribution in [0.3, 0.4) is 0 Å². The van der Waals surface area contributed by atoms with Crippen molar-refractivity contribution in [2.24, 2.45) is 0 Å². The number of hydrogen-bond acceptors (Lipinski definition) is 5. The molecule has 1 aliphatic heterocycles. The Kier molecular flexibility index (Phi) is 5.52. The largest absolute Gasteiger partial charge is 0.379 e. The van der Waals surface area contributed by atoms with Gasteiger partial charge in [0.2, 0.25) is 5.91 Å². The van der Waals surface area contributed by atoms with Gasteiger partial charge in [0.1, 0.15) is 0 Å². The molecule has 1 aromatic carbocycles. The van der Waals surface area contributed by atoms with Gasteiger partial charge in [-0.25, -0.2) is 4.98 Å². The van der Waals surface area contributed by atoms with Crippen molar-refractivity contribution in [1.29, 1.82) is 0 Å². The fourth-order valence-corrected chi connectivity index (χ4v) is 2.94. The van der Waals surface area contributed by atoms with Gasteiger partial charge in [-0.2, -0.15) is 0 Å². The monoisotopic (exact) mass is 329 g/mol.